The number of carbonyl (C=O) groups is 1. The molecule has 0 spiro atoms. The minimum Gasteiger partial charge on any atom is -0.387 e. The van der Waals surface area contributed by atoms with Crippen molar-refractivity contribution in [3.63, 3.8) is 0 Å². The molecule has 0 saturated heterocycles. The van der Waals surface area contributed by atoms with Crippen LogP contribution in [0.3, 0.4) is 0 Å². The summed E-state index contributed by atoms with van der Waals surface area (Å²) in [6, 6.07) is 4.26. The van der Waals surface area contributed by atoms with Crippen molar-refractivity contribution in [2.45, 2.75) is 17.0 Å². The number of fused-ring (bicyclic) bond motifs is 1. The fourth-order valence-corrected chi connectivity index (χ4v) is 4.42. The first-order chi connectivity index (χ1) is 13.7. The summed E-state index contributed by atoms with van der Waals surface area (Å²) in [6.45, 7) is 3.44. The average Bonchev–Trinajstić information content (AvgIpc) is 2.96. The second-order valence-electron chi connectivity index (χ2n) is 6.36. The standard InChI is InChI=1S/C19H17FN4O4S/c1-3-16(25)15-7-5-13-17(29(27,28)23-15)10-24(2)18(13)19(26)22-12-4-6-14(20)11(8-12)9-21/h3-8,10,15-16,23,25H,1H2,2H3,(H,22,26)/t15-,16?/m0/s1. The number of benzene rings is 1. The van der Waals surface area contributed by atoms with Crippen molar-refractivity contribution in [1.29, 1.82) is 5.26 Å². The number of nitriles is 1. The van der Waals surface area contributed by atoms with Gasteiger partial charge in [0.2, 0.25) is 10.0 Å². The van der Waals surface area contributed by atoms with Crippen LogP contribution in [0.1, 0.15) is 21.6 Å². The highest BCUT2D eigenvalue weighted by atomic mass is 32.2. The summed E-state index contributed by atoms with van der Waals surface area (Å²) < 4.78 is 42.5. The molecule has 3 N–H and O–H groups in total. The highest BCUT2D eigenvalue weighted by Gasteiger charge is 2.32. The van der Waals surface area contributed by atoms with Gasteiger partial charge in [-0.3, -0.25) is 4.79 Å². The molecular weight excluding hydrogens is 399 g/mol. The summed E-state index contributed by atoms with van der Waals surface area (Å²) in [5.41, 5.74) is 0.125. The predicted octanol–water partition coefficient (Wildman–Crippen LogP) is 1.51. The Kier molecular flexibility index (Phi) is 5.39. The van der Waals surface area contributed by atoms with Crippen molar-refractivity contribution in [3.8, 4) is 6.07 Å². The molecule has 1 aliphatic heterocycles. The van der Waals surface area contributed by atoms with Crippen LogP contribution in [0.25, 0.3) is 6.08 Å². The van der Waals surface area contributed by atoms with Gasteiger partial charge in [-0.05, 0) is 18.2 Å². The third-order valence-electron chi connectivity index (χ3n) is 4.40. The number of aryl methyl sites for hydroxylation is 1. The number of nitrogens with zero attached hydrogens (tertiary/aromatic N) is 2. The lowest BCUT2D eigenvalue weighted by atomic mass is 10.1. The number of rotatable bonds is 4. The maximum absolute atomic E-state index is 13.5. The number of halogens is 1. The Bertz CT molecular complexity index is 1180. The molecule has 3 rings (SSSR count). The fraction of sp³-hybridized carbons (Fsp3) is 0.158. The second kappa shape index (κ2) is 7.63. The van der Waals surface area contributed by atoms with Crippen molar-refractivity contribution in [2.24, 2.45) is 7.05 Å². The van der Waals surface area contributed by atoms with E-state index in [1.54, 1.807) is 6.07 Å². The number of aliphatic hydroxyl groups excluding tert-OH is 1. The Morgan fingerprint density at radius 2 is 2.24 bits per heavy atom. The largest absolute Gasteiger partial charge is 0.387 e. The van der Waals surface area contributed by atoms with Crippen molar-refractivity contribution < 1.29 is 22.7 Å². The molecule has 8 nitrogen and oxygen atoms in total. The van der Waals surface area contributed by atoms with Crippen LogP contribution in [0.5, 0.6) is 0 Å². The van der Waals surface area contributed by atoms with E-state index in [4.69, 9.17) is 5.26 Å². The molecule has 0 bridgehead atoms. The average molecular weight is 416 g/mol. The van der Waals surface area contributed by atoms with E-state index in [-0.39, 0.29) is 27.4 Å². The van der Waals surface area contributed by atoms with Crippen molar-refractivity contribution in [1.82, 2.24) is 9.29 Å². The van der Waals surface area contributed by atoms with Crippen LogP contribution in [0.15, 0.2) is 48.0 Å². The number of aromatic nitrogens is 1. The summed E-state index contributed by atoms with van der Waals surface area (Å²) in [5, 5.41) is 21.4. The Morgan fingerprint density at radius 3 is 2.90 bits per heavy atom. The topological polar surface area (TPSA) is 124 Å². The van der Waals surface area contributed by atoms with E-state index in [1.807, 2.05) is 0 Å². The van der Waals surface area contributed by atoms with Crippen molar-refractivity contribution in [3.05, 3.63) is 65.8 Å². The first-order valence-electron chi connectivity index (χ1n) is 8.39. The van der Waals surface area contributed by atoms with E-state index in [0.29, 0.717) is 0 Å². The molecule has 150 valence electrons. The van der Waals surface area contributed by atoms with Crippen LogP contribution >= 0.6 is 0 Å². The zero-order valence-electron chi connectivity index (χ0n) is 15.3. The maximum Gasteiger partial charge on any atom is 0.272 e. The lowest BCUT2D eigenvalue weighted by Crippen LogP contribution is -2.40. The van der Waals surface area contributed by atoms with Crippen LogP contribution in [0, 0.1) is 17.1 Å². The summed E-state index contributed by atoms with van der Waals surface area (Å²) >= 11 is 0. The third kappa shape index (κ3) is 3.84. The Morgan fingerprint density at radius 1 is 1.52 bits per heavy atom. The highest BCUT2D eigenvalue weighted by Crippen LogP contribution is 2.27. The zero-order chi connectivity index (χ0) is 21.3. The quantitative estimate of drug-likeness (QED) is 0.652. The Labute approximate surface area is 166 Å². The van der Waals surface area contributed by atoms with Gasteiger partial charge < -0.3 is 15.0 Å². The minimum absolute atomic E-state index is 0.0400. The van der Waals surface area contributed by atoms with Gasteiger partial charge in [-0.2, -0.15) is 5.26 Å². The molecule has 1 aliphatic rings. The van der Waals surface area contributed by atoms with Crippen LogP contribution in [-0.4, -0.2) is 36.1 Å². The van der Waals surface area contributed by atoms with Gasteiger partial charge in [0.1, 0.15) is 22.5 Å². The van der Waals surface area contributed by atoms with E-state index in [0.717, 1.165) is 6.07 Å². The van der Waals surface area contributed by atoms with Gasteiger partial charge >= 0.3 is 0 Å². The molecule has 0 saturated carbocycles. The summed E-state index contributed by atoms with van der Waals surface area (Å²) in [6.07, 6.45) is 4.19. The molecular formula is C19H17FN4O4S. The number of amides is 1. The van der Waals surface area contributed by atoms with E-state index < -0.39 is 33.9 Å². The summed E-state index contributed by atoms with van der Waals surface area (Å²) in [7, 11) is -2.51. The van der Waals surface area contributed by atoms with Gasteiger partial charge in [0, 0.05) is 24.5 Å². The highest BCUT2D eigenvalue weighted by molar-refractivity contribution is 7.89. The fourth-order valence-electron chi connectivity index (χ4n) is 2.97. The third-order valence-corrected chi connectivity index (χ3v) is 5.89. The van der Waals surface area contributed by atoms with E-state index >= 15 is 0 Å². The molecule has 0 fully saturated rings. The first-order valence-corrected chi connectivity index (χ1v) is 9.87. The molecule has 2 atom stereocenters. The number of aliphatic hydroxyl groups is 1. The predicted molar refractivity (Wildman–Crippen MR) is 104 cm³/mol. The Hall–Kier alpha value is -3.26. The molecule has 0 radical (unpaired) electrons. The van der Waals surface area contributed by atoms with Gasteiger partial charge in [-0.15, -0.1) is 6.58 Å². The van der Waals surface area contributed by atoms with Crippen LogP contribution in [-0.2, 0) is 17.1 Å². The summed E-state index contributed by atoms with van der Waals surface area (Å²) in [5.74, 6) is -1.36. The smallest absolute Gasteiger partial charge is 0.272 e. The van der Waals surface area contributed by atoms with Gasteiger partial charge in [-0.1, -0.05) is 18.2 Å². The molecule has 0 aliphatic carbocycles. The number of carbonyl (C=O) groups excluding carboxylic acids is 1. The monoisotopic (exact) mass is 416 g/mol. The van der Waals surface area contributed by atoms with Crippen LogP contribution < -0.4 is 10.0 Å². The molecule has 2 aromatic rings. The molecule has 1 aromatic carbocycles. The number of hydrogen-bond acceptors (Lipinski definition) is 5. The lowest BCUT2D eigenvalue weighted by Gasteiger charge is -2.16. The zero-order valence-corrected chi connectivity index (χ0v) is 16.1. The molecule has 2 heterocycles. The van der Waals surface area contributed by atoms with E-state index in [2.05, 4.69) is 16.6 Å². The van der Waals surface area contributed by atoms with Gasteiger partial charge in [0.15, 0.2) is 0 Å². The first kappa shape index (κ1) is 20.5. The molecule has 1 unspecified atom stereocenters. The lowest BCUT2D eigenvalue weighted by molar-refractivity contribution is 0.101. The van der Waals surface area contributed by atoms with Crippen molar-refractivity contribution >= 4 is 27.7 Å². The summed E-state index contributed by atoms with van der Waals surface area (Å²) in [4.78, 5) is 12.7. The number of sulfonamides is 1. The Balaban J connectivity index is 2.03. The van der Waals surface area contributed by atoms with Gasteiger partial charge in [-0.25, -0.2) is 17.5 Å². The number of hydrogen-bond donors (Lipinski definition) is 3. The number of anilines is 1. The molecule has 1 amide bonds. The SMILES string of the molecule is C=CC(O)[C@@H]1C=Cc2c(cn(C)c2C(=O)Nc2ccc(F)c(C#N)c2)S(=O)(=O)N1. The van der Waals surface area contributed by atoms with Crippen LogP contribution in [0.4, 0.5) is 10.1 Å². The van der Waals surface area contributed by atoms with Gasteiger partial charge in [0.25, 0.3) is 5.91 Å². The second-order valence-corrected chi connectivity index (χ2v) is 8.04. The normalized spacial score (nSPS) is 18.2. The maximum atomic E-state index is 13.5. The van der Waals surface area contributed by atoms with Gasteiger partial charge in [0.05, 0.1) is 17.7 Å². The van der Waals surface area contributed by atoms with E-state index in [9.17, 15) is 22.7 Å². The molecule has 1 aromatic heterocycles. The number of nitrogens with one attached hydrogen (secondary N) is 2. The van der Waals surface area contributed by atoms with E-state index in [1.165, 1.54) is 48.2 Å². The van der Waals surface area contributed by atoms with Crippen LogP contribution in [0.2, 0.25) is 0 Å². The molecule has 10 heteroatoms. The molecule has 29 heavy (non-hydrogen) atoms. The minimum atomic E-state index is -4.02. The van der Waals surface area contributed by atoms with Crippen molar-refractivity contribution in [2.75, 3.05) is 5.32 Å².